The first-order chi connectivity index (χ1) is 10.8. The van der Waals surface area contributed by atoms with E-state index in [2.05, 4.69) is 14.9 Å². The van der Waals surface area contributed by atoms with Crippen LogP contribution in [0.4, 0.5) is 5.69 Å². The number of rotatable bonds is 2. The average Bonchev–Trinajstić information content (AvgIpc) is 3.10. The second-order valence-electron chi connectivity index (χ2n) is 5.23. The molecule has 1 saturated heterocycles. The minimum Gasteiger partial charge on any atom is -0.378 e. The van der Waals surface area contributed by atoms with Gasteiger partial charge in [0.25, 0.3) is 5.56 Å². The van der Waals surface area contributed by atoms with Gasteiger partial charge in [-0.15, -0.1) is 0 Å². The summed E-state index contributed by atoms with van der Waals surface area (Å²) in [4.78, 5) is 22.1. The van der Waals surface area contributed by atoms with Crippen molar-refractivity contribution in [2.75, 3.05) is 31.2 Å². The lowest BCUT2D eigenvalue weighted by atomic mass is 10.2. The van der Waals surface area contributed by atoms with E-state index in [-0.39, 0.29) is 5.56 Å². The van der Waals surface area contributed by atoms with Crippen LogP contribution in [0, 0.1) is 0 Å². The van der Waals surface area contributed by atoms with E-state index in [0.717, 1.165) is 43.1 Å². The molecule has 0 amide bonds. The molecule has 2 aromatic heterocycles. The molecule has 22 heavy (non-hydrogen) atoms. The lowest BCUT2D eigenvalue weighted by molar-refractivity contribution is 0.122. The molecule has 0 atom stereocenters. The Morgan fingerprint density at radius 3 is 2.86 bits per heavy atom. The highest BCUT2D eigenvalue weighted by Crippen LogP contribution is 2.22. The summed E-state index contributed by atoms with van der Waals surface area (Å²) < 4.78 is 5.37. The van der Waals surface area contributed by atoms with E-state index < -0.39 is 0 Å². The fraction of sp³-hybridized carbons (Fsp3) is 0.250. The van der Waals surface area contributed by atoms with Crippen LogP contribution in [0.3, 0.4) is 0 Å². The van der Waals surface area contributed by atoms with Gasteiger partial charge in [-0.25, -0.2) is 4.98 Å². The first-order valence-corrected chi connectivity index (χ1v) is 8.15. The van der Waals surface area contributed by atoms with Gasteiger partial charge in [0, 0.05) is 29.7 Å². The van der Waals surface area contributed by atoms with Gasteiger partial charge in [0.1, 0.15) is 5.82 Å². The SMILES string of the molecule is O=c1[nH]c(-c2ccsc2)nc2ccc(N3CCOCC3)cc12. The molecule has 0 radical (unpaired) electrons. The number of fused-ring (bicyclic) bond motifs is 1. The maximum Gasteiger partial charge on any atom is 0.259 e. The first-order valence-electron chi connectivity index (χ1n) is 7.20. The number of nitrogens with one attached hydrogen (secondary N) is 1. The Hall–Kier alpha value is -2.18. The van der Waals surface area contributed by atoms with Crippen molar-refractivity contribution in [2.45, 2.75) is 0 Å². The molecule has 0 saturated carbocycles. The lowest BCUT2D eigenvalue weighted by Gasteiger charge is -2.28. The highest BCUT2D eigenvalue weighted by Gasteiger charge is 2.13. The number of morpholine rings is 1. The molecule has 1 fully saturated rings. The number of aromatic nitrogens is 2. The fourth-order valence-corrected chi connectivity index (χ4v) is 3.32. The predicted molar refractivity (Wildman–Crippen MR) is 88.7 cm³/mol. The summed E-state index contributed by atoms with van der Waals surface area (Å²) >= 11 is 1.59. The quantitative estimate of drug-likeness (QED) is 0.790. The van der Waals surface area contributed by atoms with E-state index in [9.17, 15) is 4.79 Å². The van der Waals surface area contributed by atoms with Crippen molar-refractivity contribution >= 4 is 27.9 Å². The van der Waals surface area contributed by atoms with Crippen LogP contribution in [0.25, 0.3) is 22.3 Å². The number of hydrogen-bond donors (Lipinski definition) is 1. The van der Waals surface area contributed by atoms with Crippen LogP contribution in [0.5, 0.6) is 0 Å². The van der Waals surface area contributed by atoms with E-state index in [1.165, 1.54) is 0 Å². The van der Waals surface area contributed by atoms with Crippen molar-refractivity contribution in [3.05, 3.63) is 45.4 Å². The number of nitrogens with zero attached hydrogens (tertiary/aromatic N) is 2. The fourth-order valence-electron chi connectivity index (χ4n) is 2.68. The molecular formula is C16H15N3O2S. The van der Waals surface area contributed by atoms with Gasteiger partial charge in [-0.05, 0) is 29.6 Å². The minimum atomic E-state index is -0.0960. The predicted octanol–water partition coefficient (Wildman–Crippen LogP) is 2.49. The third-order valence-corrected chi connectivity index (χ3v) is 4.54. The number of ether oxygens (including phenoxy) is 1. The maximum atomic E-state index is 12.4. The Morgan fingerprint density at radius 1 is 1.23 bits per heavy atom. The van der Waals surface area contributed by atoms with Gasteiger partial charge < -0.3 is 14.6 Å². The standard InChI is InChI=1S/C16H15N3O2S/c20-16-13-9-12(19-4-6-21-7-5-19)1-2-14(13)17-15(18-16)11-3-8-22-10-11/h1-3,8-10H,4-7H2,(H,17,18,20). The molecule has 1 aliphatic heterocycles. The van der Waals surface area contributed by atoms with Gasteiger partial charge in [-0.3, -0.25) is 4.79 Å². The van der Waals surface area contributed by atoms with Gasteiger partial charge >= 0.3 is 0 Å². The molecule has 112 valence electrons. The molecular weight excluding hydrogens is 298 g/mol. The molecule has 1 N–H and O–H groups in total. The lowest BCUT2D eigenvalue weighted by Crippen LogP contribution is -2.36. The number of hydrogen-bond acceptors (Lipinski definition) is 5. The Kier molecular flexibility index (Phi) is 3.40. The number of aromatic amines is 1. The molecule has 0 bridgehead atoms. The second-order valence-corrected chi connectivity index (χ2v) is 6.01. The van der Waals surface area contributed by atoms with E-state index in [1.807, 2.05) is 35.0 Å². The first kappa shape index (κ1) is 13.5. The normalized spacial score (nSPS) is 15.4. The molecule has 4 rings (SSSR count). The Labute approximate surface area is 131 Å². The van der Waals surface area contributed by atoms with E-state index >= 15 is 0 Å². The van der Waals surface area contributed by atoms with Crippen LogP contribution in [0.15, 0.2) is 39.8 Å². The summed E-state index contributed by atoms with van der Waals surface area (Å²) in [6.07, 6.45) is 0. The van der Waals surface area contributed by atoms with E-state index in [0.29, 0.717) is 11.2 Å². The van der Waals surface area contributed by atoms with Gasteiger partial charge in [-0.1, -0.05) is 0 Å². The highest BCUT2D eigenvalue weighted by molar-refractivity contribution is 7.08. The molecule has 0 aliphatic carbocycles. The van der Waals surface area contributed by atoms with Gasteiger partial charge in [-0.2, -0.15) is 11.3 Å². The summed E-state index contributed by atoms with van der Waals surface area (Å²) in [5, 5.41) is 4.58. The molecule has 1 aromatic carbocycles. The Morgan fingerprint density at radius 2 is 2.09 bits per heavy atom. The summed E-state index contributed by atoms with van der Waals surface area (Å²) in [6, 6.07) is 7.82. The second kappa shape index (κ2) is 5.55. The topological polar surface area (TPSA) is 58.2 Å². The molecule has 0 spiro atoms. The van der Waals surface area contributed by atoms with Gasteiger partial charge in [0.05, 0.1) is 24.1 Å². The number of H-pyrrole nitrogens is 1. The number of thiophene rings is 1. The van der Waals surface area contributed by atoms with E-state index in [4.69, 9.17) is 4.74 Å². The van der Waals surface area contributed by atoms with Crippen molar-refractivity contribution in [1.29, 1.82) is 0 Å². The average molecular weight is 313 g/mol. The number of benzene rings is 1. The van der Waals surface area contributed by atoms with Crippen molar-refractivity contribution in [1.82, 2.24) is 9.97 Å². The third kappa shape index (κ3) is 2.40. The van der Waals surface area contributed by atoms with Crippen molar-refractivity contribution < 1.29 is 4.74 Å². The zero-order chi connectivity index (χ0) is 14.9. The van der Waals surface area contributed by atoms with Crippen LogP contribution < -0.4 is 10.5 Å². The Balaban J connectivity index is 1.79. The van der Waals surface area contributed by atoms with Gasteiger partial charge in [0.2, 0.25) is 0 Å². The molecule has 3 heterocycles. The molecule has 6 heteroatoms. The van der Waals surface area contributed by atoms with Crippen LogP contribution in [0.1, 0.15) is 0 Å². The van der Waals surface area contributed by atoms with Crippen molar-refractivity contribution in [2.24, 2.45) is 0 Å². The highest BCUT2D eigenvalue weighted by atomic mass is 32.1. The van der Waals surface area contributed by atoms with Crippen molar-refractivity contribution in [3.63, 3.8) is 0 Å². The summed E-state index contributed by atoms with van der Waals surface area (Å²) in [7, 11) is 0. The van der Waals surface area contributed by atoms with Crippen molar-refractivity contribution in [3.8, 4) is 11.4 Å². The van der Waals surface area contributed by atoms with Gasteiger partial charge in [0.15, 0.2) is 0 Å². The smallest absolute Gasteiger partial charge is 0.259 e. The third-order valence-electron chi connectivity index (χ3n) is 3.86. The number of anilines is 1. The largest absolute Gasteiger partial charge is 0.378 e. The zero-order valence-corrected chi connectivity index (χ0v) is 12.7. The molecule has 1 aliphatic rings. The summed E-state index contributed by atoms with van der Waals surface area (Å²) in [6.45, 7) is 3.15. The molecule has 0 unspecified atom stereocenters. The maximum absolute atomic E-state index is 12.4. The van der Waals surface area contributed by atoms with Crippen LogP contribution >= 0.6 is 11.3 Å². The van der Waals surface area contributed by atoms with Crippen LogP contribution in [0.2, 0.25) is 0 Å². The van der Waals surface area contributed by atoms with Crippen LogP contribution in [-0.4, -0.2) is 36.3 Å². The molecule has 5 nitrogen and oxygen atoms in total. The Bertz CT molecular complexity index is 851. The minimum absolute atomic E-state index is 0.0960. The van der Waals surface area contributed by atoms with Crippen LogP contribution in [-0.2, 0) is 4.74 Å². The zero-order valence-electron chi connectivity index (χ0n) is 11.9. The molecule has 3 aromatic rings. The monoisotopic (exact) mass is 313 g/mol. The summed E-state index contributed by atoms with van der Waals surface area (Å²) in [5.41, 5.74) is 2.62. The summed E-state index contributed by atoms with van der Waals surface area (Å²) in [5.74, 6) is 0.623. The van der Waals surface area contributed by atoms with E-state index in [1.54, 1.807) is 11.3 Å².